The first-order valence-corrected chi connectivity index (χ1v) is 9.06. The van der Waals surface area contributed by atoms with Crippen molar-refractivity contribution in [2.24, 2.45) is 0 Å². The van der Waals surface area contributed by atoms with Gasteiger partial charge in [-0.3, -0.25) is 9.88 Å². The summed E-state index contributed by atoms with van der Waals surface area (Å²) in [6.07, 6.45) is 4.32. The van der Waals surface area contributed by atoms with Crippen LogP contribution in [0, 0.1) is 5.82 Å². The summed E-state index contributed by atoms with van der Waals surface area (Å²) in [4.78, 5) is 26.3. The highest BCUT2D eigenvalue weighted by atomic mass is 19.1. The highest BCUT2D eigenvalue weighted by Crippen LogP contribution is 2.24. The summed E-state index contributed by atoms with van der Waals surface area (Å²) in [6, 6.07) is 10.3. The van der Waals surface area contributed by atoms with E-state index >= 15 is 0 Å². The largest absolute Gasteiger partial charge is 0.348 e. The summed E-state index contributed by atoms with van der Waals surface area (Å²) >= 11 is 0. The number of hydrogen-bond acceptors (Lipinski definition) is 5. The Labute approximate surface area is 159 Å². The Morgan fingerprint density at radius 1 is 1.18 bits per heavy atom. The molecule has 1 aliphatic rings. The van der Waals surface area contributed by atoms with Crippen molar-refractivity contribution in [1.82, 2.24) is 29.5 Å². The van der Waals surface area contributed by atoms with Gasteiger partial charge in [0.1, 0.15) is 5.82 Å². The zero-order chi connectivity index (χ0) is 19.1. The molecular formula is C20H17FN6O. The molecule has 5 rings (SSSR count). The molecule has 7 nitrogen and oxygen atoms in total. The fourth-order valence-corrected chi connectivity index (χ4v) is 3.64. The van der Waals surface area contributed by atoms with Gasteiger partial charge < -0.3 is 4.98 Å². The van der Waals surface area contributed by atoms with Gasteiger partial charge in [0.15, 0.2) is 11.5 Å². The zero-order valence-electron chi connectivity index (χ0n) is 15.0. The topological polar surface area (TPSA) is 79.2 Å². The second-order valence-corrected chi connectivity index (χ2v) is 6.86. The molecule has 140 valence electrons. The molecule has 1 aliphatic heterocycles. The summed E-state index contributed by atoms with van der Waals surface area (Å²) in [6.45, 7) is 2.20. The maximum absolute atomic E-state index is 14.2. The molecule has 0 spiro atoms. The third-order valence-corrected chi connectivity index (χ3v) is 5.00. The van der Waals surface area contributed by atoms with Crippen molar-refractivity contribution < 1.29 is 4.39 Å². The van der Waals surface area contributed by atoms with E-state index in [-0.39, 0.29) is 17.1 Å². The lowest BCUT2D eigenvalue weighted by Crippen LogP contribution is -2.34. The van der Waals surface area contributed by atoms with Crippen LogP contribution in [0.4, 0.5) is 4.39 Å². The van der Waals surface area contributed by atoms with E-state index in [9.17, 15) is 9.18 Å². The van der Waals surface area contributed by atoms with Crippen LogP contribution in [0.3, 0.4) is 0 Å². The Hall–Kier alpha value is -3.39. The van der Waals surface area contributed by atoms with E-state index in [1.807, 2.05) is 18.3 Å². The van der Waals surface area contributed by atoms with Crippen LogP contribution in [0.25, 0.3) is 17.0 Å². The number of nitrogens with one attached hydrogen (secondary N) is 1. The van der Waals surface area contributed by atoms with Gasteiger partial charge in [-0.15, -0.1) is 5.10 Å². The van der Waals surface area contributed by atoms with Gasteiger partial charge >= 0.3 is 5.69 Å². The molecule has 0 saturated heterocycles. The quantitative estimate of drug-likeness (QED) is 0.593. The predicted octanol–water partition coefficient (Wildman–Crippen LogP) is 2.18. The number of hydrogen-bond donors (Lipinski definition) is 1. The Morgan fingerprint density at radius 2 is 2.07 bits per heavy atom. The first-order valence-electron chi connectivity index (χ1n) is 9.06. The van der Waals surface area contributed by atoms with Crippen molar-refractivity contribution in [3.8, 4) is 11.4 Å². The summed E-state index contributed by atoms with van der Waals surface area (Å²) in [5.41, 5.74) is 3.32. The number of pyridine rings is 1. The lowest BCUT2D eigenvalue weighted by atomic mass is 10.1. The molecule has 0 bridgehead atoms. The van der Waals surface area contributed by atoms with Crippen molar-refractivity contribution in [2.45, 2.75) is 19.5 Å². The summed E-state index contributed by atoms with van der Waals surface area (Å²) in [5, 5.41) is 4.25. The van der Waals surface area contributed by atoms with Gasteiger partial charge in [-0.1, -0.05) is 18.2 Å². The normalized spacial score (nSPS) is 14.3. The molecule has 0 amide bonds. The lowest BCUT2D eigenvalue weighted by molar-refractivity contribution is 0.243. The van der Waals surface area contributed by atoms with Gasteiger partial charge in [-0.2, -0.15) is 4.52 Å². The fourth-order valence-electron chi connectivity index (χ4n) is 3.64. The van der Waals surface area contributed by atoms with Crippen LogP contribution < -0.4 is 5.69 Å². The van der Waals surface area contributed by atoms with E-state index in [0.717, 1.165) is 29.9 Å². The van der Waals surface area contributed by atoms with E-state index in [0.29, 0.717) is 18.6 Å². The first-order chi connectivity index (χ1) is 13.7. The van der Waals surface area contributed by atoms with Crippen LogP contribution >= 0.6 is 0 Å². The molecule has 28 heavy (non-hydrogen) atoms. The number of H-pyrrole nitrogens is 1. The second kappa shape index (κ2) is 6.65. The maximum Gasteiger partial charge on any atom is 0.348 e. The Morgan fingerprint density at radius 3 is 2.89 bits per heavy atom. The molecule has 0 unspecified atom stereocenters. The van der Waals surface area contributed by atoms with Gasteiger partial charge in [0, 0.05) is 49.7 Å². The lowest BCUT2D eigenvalue weighted by Gasteiger charge is -2.28. The molecule has 8 heteroatoms. The molecule has 4 heterocycles. The van der Waals surface area contributed by atoms with E-state index < -0.39 is 5.82 Å². The van der Waals surface area contributed by atoms with Crippen LogP contribution in [-0.4, -0.2) is 36.0 Å². The number of rotatable bonds is 3. The predicted molar refractivity (Wildman–Crippen MR) is 101 cm³/mol. The number of nitrogens with zero attached hydrogens (tertiary/aromatic N) is 5. The zero-order valence-corrected chi connectivity index (χ0v) is 15.0. The van der Waals surface area contributed by atoms with E-state index in [1.165, 1.54) is 10.6 Å². The SMILES string of the molecule is O=c1[nH]c2c(c3nc(-c4ccccc4F)nn13)CN(Cc1cccnc1)CC2. The van der Waals surface area contributed by atoms with Gasteiger partial charge in [0.05, 0.1) is 5.56 Å². The standard InChI is InChI=1S/C20H17FN6O/c21-16-6-2-1-5-14(16)18-24-19-15-12-26(11-13-4-3-8-22-10-13)9-7-17(15)23-20(28)27(19)25-18/h1-6,8,10H,7,9,11-12H2,(H,23,28). The van der Waals surface area contributed by atoms with Crippen LogP contribution in [0.5, 0.6) is 0 Å². The highest BCUT2D eigenvalue weighted by molar-refractivity contribution is 5.61. The second-order valence-electron chi connectivity index (χ2n) is 6.86. The van der Waals surface area contributed by atoms with E-state index in [2.05, 4.69) is 25.0 Å². The number of halogens is 1. The Balaban J connectivity index is 1.56. The van der Waals surface area contributed by atoms with Crippen molar-refractivity contribution in [1.29, 1.82) is 0 Å². The average Bonchev–Trinajstić information content (AvgIpc) is 3.16. The number of fused-ring (bicyclic) bond motifs is 3. The summed E-state index contributed by atoms with van der Waals surface area (Å²) in [7, 11) is 0. The Kier molecular flexibility index (Phi) is 3.98. The molecular weight excluding hydrogens is 359 g/mol. The summed E-state index contributed by atoms with van der Waals surface area (Å²) < 4.78 is 15.4. The van der Waals surface area contributed by atoms with Crippen molar-refractivity contribution >= 4 is 5.65 Å². The number of benzene rings is 1. The third kappa shape index (κ3) is 2.87. The van der Waals surface area contributed by atoms with Gasteiger partial charge in [-0.05, 0) is 23.8 Å². The summed E-state index contributed by atoms with van der Waals surface area (Å²) in [5.74, 6) is -0.205. The fraction of sp³-hybridized carbons (Fsp3) is 0.200. The molecule has 3 aromatic heterocycles. The van der Waals surface area contributed by atoms with Gasteiger partial charge in [0.25, 0.3) is 0 Å². The van der Waals surface area contributed by atoms with Crippen LogP contribution in [-0.2, 0) is 19.5 Å². The van der Waals surface area contributed by atoms with E-state index in [4.69, 9.17) is 0 Å². The maximum atomic E-state index is 14.2. The third-order valence-electron chi connectivity index (χ3n) is 5.00. The first kappa shape index (κ1) is 16.8. The molecule has 0 aliphatic carbocycles. The molecule has 0 atom stereocenters. The molecule has 0 fully saturated rings. The van der Waals surface area contributed by atoms with Crippen LogP contribution in [0.15, 0.2) is 53.6 Å². The minimum Gasteiger partial charge on any atom is -0.309 e. The Bertz CT molecular complexity index is 1220. The van der Waals surface area contributed by atoms with E-state index in [1.54, 1.807) is 24.4 Å². The monoisotopic (exact) mass is 376 g/mol. The van der Waals surface area contributed by atoms with Crippen molar-refractivity contribution in [3.05, 3.63) is 81.9 Å². The van der Waals surface area contributed by atoms with Gasteiger partial charge in [0.2, 0.25) is 0 Å². The van der Waals surface area contributed by atoms with Crippen molar-refractivity contribution in [2.75, 3.05) is 6.54 Å². The minimum atomic E-state index is -0.415. The van der Waals surface area contributed by atoms with Gasteiger partial charge in [-0.25, -0.2) is 14.2 Å². The molecule has 1 N–H and O–H groups in total. The minimum absolute atomic E-state index is 0.210. The average molecular weight is 376 g/mol. The molecule has 0 radical (unpaired) electrons. The molecule has 4 aromatic rings. The smallest absolute Gasteiger partial charge is 0.309 e. The van der Waals surface area contributed by atoms with Crippen LogP contribution in [0.1, 0.15) is 16.8 Å². The molecule has 0 saturated carbocycles. The number of aromatic amines is 1. The van der Waals surface area contributed by atoms with Crippen molar-refractivity contribution in [3.63, 3.8) is 0 Å². The molecule has 1 aromatic carbocycles. The number of aromatic nitrogens is 5. The van der Waals surface area contributed by atoms with Crippen LogP contribution in [0.2, 0.25) is 0 Å². The highest BCUT2D eigenvalue weighted by Gasteiger charge is 2.23.